The number of benzene rings is 1. The van der Waals surface area contributed by atoms with E-state index < -0.39 is 0 Å². The van der Waals surface area contributed by atoms with E-state index in [4.69, 9.17) is 0 Å². The number of hydrogen-bond acceptors (Lipinski definition) is 2. The maximum atomic E-state index is 4.67. The molecule has 0 fully saturated rings. The highest BCUT2D eigenvalue weighted by molar-refractivity contribution is 5.79. The first-order valence-electron chi connectivity index (χ1n) is 7.51. The summed E-state index contributed by atoms with van der Waals surface area (Å²) >= 11 is 0. The first-order chi connectivity index (χ1) is 10.6. The molecule has 0 saturated carbocycles. The van der Waals surface area contributed by atoms with Crippen LogP contribution >= 0.6 is 0 Å². The molecule has 118 valence electrons. The number of guanidine groups is 1. The van der Waals surface area contributed by atoms with Gasteiger partial charge < -0.3 is 14.4 Å². The molecule has 0 radical (unpaired) electrons. The Bertz CT molecular complexity index is 589. The number of nitrogens with zero attached hydrogens (tertiary/aromatic N) is 5. The van der Waals surface area contributed by atoms with Gasteiger partial charge in [0.25, 0.3) is 0 Å². The minimum absolute atomic E-state index is 0.591. The highest BCUT2D eigenvalue weighted by Gasteiger charge is 2.07. The van der Waals surface area contributed by atoms with Gasteiger partial charge >= 0.3 is 0 Å². The topological polar surface area (TPSA) is 36.7 Å². The molecule has 0 bridgehead atoms. The van der Waals surface area contributed by atoms with Crippen molar-refractivity contribution < 1.29 is 0 Å². The standard InChI is InChI=1S/C17H25N5/c1-20(2)17(21(3)4)19-14-16-18-11-13-22(16)12-10-15-8-6-5-7-9-15/h5-9,11,13H,10,12,14H2,1-4H3. The third kappa shape index (κ3) is 4.35. The Hall–Kier alpha value is -2.30. The second-order valence-corrected chi connectivity index (χ2v) is 5.68. The lowest BCUT2D eigenvalue weighted by Gasteiger charge is -2.22. The van der Waals surface area contributed by atoms with Crippen molar-refractivity contribution in [3.63, 3.8) is 0 Å². The summed E-state index contributed by atoms with van der Waals surface area (Å²) in [4.78, 5) is 13.1. The molecular weight excluding hydrogens is 274 g/mol. The van der Waals surface area contributed by atoms with Gasteiger partial charge in [-0.1, -0.05) is 30.3 Å². The average molecular weight is 299 g/mol. The fourth-order valence-corrected chi connectivity index (χ4v) is 2.41. The van der Waals surface area contributed by atoms with Gasteiger partial charge in [0.05, 0.1) is 0 Å². The molecule has 0 spiro atoms. The summed E-state index contributed by atoms with van der Waals surface area (Å²) in [5.74, 6) is 1.94. The number of imidazole rings is 1. The van der Waals surface area contributed by atoms with E-state index in [9.17, 15) is 0 Å². The van der Waals surface area contributed by atoms with Gasteiger partial charge in [-0.2, -0.15) is 0 Å². The fraction of sp³-hybridized carbons (Fsp3) is 0.412. The van der Waals surface area contributed by atoms with Crippen molar-refractivity contribution in [1.29, 1.82) is 0 Å². The number of rotatable bonds is 5. The minimum Gasteiger partial charge on any atom is -0.349 e. The maximum Gasteiger partial charge on any atom is 0.195 e. The second kappa shape index (κ2) is 7.64. The Morgan fingerprint density at radius 3 is 2.41 bits per heavy atom. The summed E-state index contributed by atoms with van der Waals surface area (Å²) in [6.07, 6.45) is 4.88. The molecule has 1 aromatic heterocycles. The van der Waals surface area contributed by atoms with E-state index in [0.717, 1.165) is 24.7 Å². The molecule has 0 N–H and O–H groups in total. The molecule has 5 heteroatoms. The molecule has 2 rings (SSSR count). The van der Waals surface area contributed by atoms with Gasteiger partial charge in [-0.25, -0.2) is 9.98 Å². The molecule has 0 amide bonds. The minimum atomic E-state index is 0.591. The molecule has 0 atom stereocenters. The van der Waals surface area contributed by atoms with Crippen LogP contribution in [0.1, 0.15) is 11.4 Å². The van der Waals surface area contributed by atoms with Crippen molar-refractivity contribution in [2.75, 3.05) is 28.2 Å². The molecule has 22 heavy (non-hydrogen) atoms. The van der Waals surface area contributed by atoms with Crippen molar-refractivity contribution >= 4 is 5.96 Å². The third-order valence-corrected chi connectivity index (χ3v) is 3.45. The van der Waals surface area contributed by atoms with Gasteiger partial charge in [-0.15, -0.1) is 0 Å². The first-order valence-corrected chi connectivity index (χ1v) is 7.51. The molecule has 0 aliphatic rings. The van der Waals surface area contributed by atoms with Crippen LogP contribution in [0.3, 0.4) is 0 Å². The van der Waals surface area contributed by atoms with Crippen molar-refractivity contribution in [3.05, 3.63) is 54.1 Å². The number of aryl methyl sites for hydroxylation is 2. The highest BCUT2D eigenvalue weighted by atomic mass is 15.3. The third-order valence-electron chi connectivity index (χ3n) is 3.45. The van der Waals surface area contributed by atoms with Crippen molar-refractivity contribution in [3.8, 4) is 0 Å². The van der Waals surface area contributed by atoms with Gasteiger partial charge in [-0.3, -0.25) is 0 Å². The molecule has 0 unspecified atom stereocenters. The van der Waals surface area contributed by atoms with E-state index >= 15 is 0 Å². The van der Waals surface area contributed by atoms with E-state index in [1.165, 1.54) is 5.56 Å². The quantitative estimate of drug-likeness (QED) is 0.627. The van der Waals surface area contributed by atoms with Crippen LogP contribution < -0.4 is 0 Å². The Labute approximate surface area is 132 Å². The van der Waals surface area contributed by atoms with E-state index in [2.05, 4.69) is 38.8 Å². The van der Waals surface area contributed by atoms with Gasteiger partial charge in [0.1, 0.15) is 12.4 Å². The molecule has 0 aliphatic carbocycles. The fourth-order valence-electron chi connectivity index (χ4n) is 2.41. The predicted octanol–water partition coefficient (Wildman–Crippen LogP) is 2.10. The van der Waals surface area contributed by atoms with E-state index in [-0.39, 0.29) is 0 Å². The van der Waals surface area contributed by atoms with Crippen LogP contribution in [0.2, 0.25) is 0 Å². The van der Waals surface area contributed by atoms with Gasteiger partial charge in [0, 0.05) is 47.1 Å². The zero-order valence-corrected chi connectivity index (χ0v) is 13.9. The van der Waals surface area contributed by atoms with Crippen LogP contribution in [-0.2, 0) is 19.5 Å². The molecule has 2 aromatic rings. The van der Waals surface area contributed by atoms with Crippen LogP contribution in [-0.4, -0.2) is 53.5 Å². The Morgan fingerprint density at radius 1 is 1.09 bits per heavy atom. The summed E-state index contributed by atoms with van der Waals surface area (Å²) in [6, 6.07) is 10.5. The van der Waals surface area contributed by atoms with Crippen molar-refractivity contribution in [2.45, 2.75) is 19.5 Å². The average Bonchev–Trinajstić information content (AvgIpc) is 2.93. The predicted molar refractivity (Wildman–Crippen MR) is 90.9 cm³/mol. The van der Waals surface area contributed by atoms with Crippen LogP contribution in [0.4, 0.5) is 0 Å². The summed E-state index contributed by atoms with van der Waals surface area (Å²) in [5, 5.41) is 0. The Morgan fingerprint density at radius 2 is 1.77 bits per heavy atom. The zero-order chi connectivity index (χ0) is 15.9. The lowest BCUT2D eigenvalue weighted by atomic mass is 10.1. The molecule has 1 heterocycles. The molecule has 1 aromatic carbocycles. The van der Waals surface area contributed by atoms with Gasteiger partial charge in [0.15, 0.2) is 5.96 Å². The second-order valence-electron chi connectivity index (χ2n) is 5.68. The first kappa shape index (κ1) is 16.1. The van der Waals surface area contributed by atoms with Crippen LogP contribution in [0, 0.1) is 0 Å². The smallest absolute Gasteiger partial charge is 0.195 e. The van der Waals surface area contributed by atoms with Crippen molar-refractivity contribution in [1.82, 2.24) is 19.4 Å². The van der Waals surface area contributed by atoms with Crippen molar-refractivity contribution in [2.24, 2.45) is 4.99 Å². The number of hydrogen-bond donors (Lipinski definition) is 0. The molecular formula is C17H25N5. The van der Waals surface area contributed by atoms with Gasteiger partial charge in [0.2, 0.25) is 0 Å². The maximum absolute atomic E-state index is 4.67. The van der Waals surface area contributed by atoms with E-state index in [1.807, 2.05) is 56.5 Å². The Kier molecular flexibility index (Phi) is 5.58. The zero-order valence-electron chi connectivity index (χ0n) is 13.9. The van der Waals surface area contributed by atoms with E-state index in [0.29, 0.717) is 6.54 Å². The molecule has 0 aliphatic heterocycles. The lowest BCUT2D eigenvalue weighted by Crippen LogP contribution is -2.35. The Balaban J connectivity index is 2.02. The van der Waals surface area contributed by atoms with Gasteiger partial charge in [-0.05, 0) is 12.0 Å². The summed E-state index contributed by atoms with van der Waals surface area (Å²) in [5.41, 5.74) is 1.34. The van der Waals surface area contributed by atoms with Crippen LogP contribution in [0.15, 0.2) is 47.7 Å². The SMILES string of the molecule is CN(C)C(=NCc1nccn1CCc1ccccc1)N(C)C. The van der Waals surface area contributed by atoms with Crippen LogP contribution in [0.25, 0.3) is 0 Å². The largest absolute Gasteiger partial charge is 0.349 e. The summed E-state index contributed by atoms with van der Waals surface area (Å²) in [6.45, 7) is 1.52. The summed E-state index contributed by atoms with van der Waals surface area (Å²) in [7, 11) is 8.00. The monoisotopic (exact) mass is 299 g/mol. The lowest BCUT2D eigenvalue weighted by molar-refractivity contribution is 0.477. The number of aliphatic imine (C=N–C) groups is 1. The normalized spacial score (nSPS) is 10.4. The molecule has 5 nitrogen and oxygen atoms in total. The molecule has 0 saturated heterocycles. The number of aromatic nitrogens is 2. The van der Waals surface area contributed by atoms with Crippen LogP contribution in [0.5, 0.6) is 0 Å². The summed E-state index contributed by atoms with van der Waals surface area (Å²) < 4.78 is 2.18. The highest BCUT2D eigenvalue weighted by Crippen LogP contribution is 2.06. The van der Waals surface area contributed by atoms with E-state index in [1.54, 1.807) is 0 Å².